The number of benzene rings is 2. The van der Waals surface area contributed by atoms with Crippen molar-refractivity contribution >= 4 is 23.3 Å². The van der Waals surface area contributed by atoms with E-state index in [0.717, 1.165) is 37.2 Å². The molecule has 0 aromatic heterocycles. The van der Waals surface area contributed by atoms with E-state index < -0.39 is 0 Å². The van der Waals surface area contributed by atoms with Crippen molar-refractivity contribution in [3.8, 4) is 0 Å². The molecule has 148 valence electrons. The second-order valence-corrected chi connectivity index (χ2v) is 7.36. The quantitative estimate of drug-likeness (QED) is 0.828. The smallest absolute Gasteiger partial charge is 0.321 e. The van der Waals surface area contributed by atoms with Gasteiger partial charge in [-0.25, -0.2) is 4.79 Å². The van der Waals surface area contributed by atoms with Crippen LogP contribution in [0.2, 0.25) is 0 Å². The number of carbonyl (C=O) groups excluding carboxylic acids is 2. The van der Waals surface area contributed by atoms with Crippen molar-refractivity contribution in [1.82, 2.24) is 10.2 Å². The molecule has 3 amide bonds. The van der Waals surface area contributed by atoms with Crippen LogP contribution in [-0.4, -0.2) is 44.0 Å². The molecule has 2 N–H and O–H groups in total. The second kappa shape index (κ2) is 8.78. The van der Waals surface area contributed by atoms with Crippen molar-refractivity contribution in [2.45, 2.75) is 25.8 Å². The molecule has 1 saturated heterocycles. The minimum absolute atomic E-state index is 0.111. The molecule has 0 radical (unpaired) electrons. The molecule has 1 atom stereocenters. The van der Waals surface area contributed by atoms with Crippen molar-refractivity contribution in [3.63, 3.8) is 0 Å². The average molecular weight is 380 g/mol. The van der Waals surface area contributed by atoms with E-state index in [4.69, 9.17) is 0 Å². The van der Waals surface area contributed by atoms with Crippen molar-refractivity contribution in [3.05, 3.63) is 59.7 Å². The summed E-state index contributed by atoms with van der Waals surface area (Å²) in [7, 11) is 3.37. The van der Waals surface area contributed by atoms with E-state index in [1.165, 1.54) is 4.90 Å². The normalized spacial score (nSPS) is 14.5. The predicted octanol–water partition coefficient (Wildman–Crippen LogP) is 3.87. The van der Waals surface area contributed by atoms with Gasteiger partial charge in [-0.15, -0.1) is 0 Å². The number of hydrogen-bond acceptors (Lipinski definition) is 3. The Bertz CT molecular complexity index is 830. The number of anilines is 2. The first-order valence-corrected chi connectivity index (χ1v) is 9.69. The number of nitrogens with zero attached hydrogens (tertiary/aromatic N) is 2. The third-order valence-electron chi connectivity index (χ3n) is 4.99. The van der Waals surface area contributed by atoms with E-state index in [-0.39, 0.29) is 18.0 Å². The average Bonchev–Trinajstić information content (AvgIpc) is 3.23. The van der Waals surface area contributed by atoms with Crippen LogP contribution in [0.15, 0.2) is 48.5 Å². The monoisotopic (exact) mass is 380 g/mol. The lowest BCUT2D eigenvalue weighted by Gasteiger charge is -2.23. The minimum atomic E-state index is -0.224. The molecule has 28 heavy (non-hydrogen) atoms. The highest BCUT2D eigenvalue weighted by Gasteiger charge is 2.22. The molecule has 3 rings (SSSR count). The summed E-state index contributed by atoms with van der Waals surface area (Å²) in [5.41, 5.74) is 3.16. The van der Waals surface area contributed by atoms with E-state index in [1.54, 1.807) is 20.2 Å². The Balaban J connectivity index is 1.86. The van der Waals surface area contributed by atoms with Gasteiger partial charge in [-0.2, -0.15) is 0 Å². The maximum absolute atomic E-state index is 13.1. The summed E-state index contributed by atoms with van der Waals surface area (Å²) in [5.74, 6) is -0.140. The van der Waals surface area contributed by atoms with E-state index in [2.05, 4.69) is 15.5 Å². The Kier molecular flexibility index (Phi) is 6.19. The van der Waals surface area contributed by atoms with Crippen LogP contribution in [0.25, 0.3) is 0 Å². The molecule has 2 aromatic rings. The fourth-order valence-corrected chi connectivity index (χ4v) is 3.36. The van der Waals surface area contributed by atoms with Gasteiger partial charge in [0.25, 0.3) is 5.91 Å². The summed E-state index contributed by atoms with van der Waals surface area (Å²) < 4.78 is 0. The fraction of sp³-hybridized carbons (Fsp3) is 0.364. The zero-order chi connectivity index (χ0) is 20.1. The first-order valence-electron chi connectivity index (χ1n) is 9.69. The lowest BCUT2D eigenvalue weighted by Crippen LogP contribution is -2.30. The molecule has 0 bridgehead atoms. The predicted molar refractivity (Wildman–Crippen MR) is 113 cm³/mol. The van der Waals surface area contributed by atoms with Crippen molar-refractivity contribution in [2.24, 2.45) is 0 Å². The van der Waals surface area contributed by atoms with Crippen LogP contribution in [0, 0.1) is 0 Å². The Morgan fingerprint density at radius 3 is 2.36 bits per heavy atom. The summed E-state index contributed by atoms with van der Waals surface area (Å²) in [5, 5.41) is 5.92. The summed E-state index contributed by atoms with van der Waals surface area (Å²) in [6.45, 7) is 3.86. The van der Waals surface area contributed by atoms with Gasteiger partial charge >= 0.3 is 6.03 Å². The highest BCUT2D eigenvalue weighted by atomic mass is 16.2. The molecule has 0 spiro atoms. The highest BCUT2D eigenvalue weighted by molar-refractivity contribution is 6.02. The molecule has 1 fully saturated rings. The molecular weight excluding hydrogens is 352 g/mol. The third-order valence-corrected chi connectivity index (χ3v) is 4.99. The second-order valence-electron chi connectivity index (χ2n) is 7.36. The molecule has 1 heterocycles. The van der Waals surface area contributed by atoms with Gasteiger partial charge in [-0.3, -0.25) is 4.79 Å². The minimum Gasteiger partial charge on any atom is -0.371 e. The number of rotatable bonds is 5. The molecule has 6 nitrogen and oxygen atoms in total. The lowest BCUT2D eigenvalue weighted by atomic mass is 10.1. The molecule has 1 aliphatic heterocycles. The Morgan fingerprint density at radius 2 is 1.71 bits per heavy atom. The fourth-order valence-electron chi connectivity index (χ4n) is 3.36. The van der Waals surface area contributed by atoms with E-state index in [1.807, 2.05) is 49.4 Å². The molecule has 0 aliphatic carbocycles. The summed E-state index contributed by atoms with van der Waals surface area (Å²) >= 11 is 0. The SMILES string of the molecule is CC(NC(=O)c1cc(NC(=O)N(C)C)ccc1N1CCCC1)c1ccccc1. The van der Waals surface area contributed by atoms with Gasteiger partial charge in [0.1, 0.15) is 0 Å². The van der Waals surface area contributed by atoms with E-state index in [9.17, 15) is 9.59 Å². The van der Waals surface area contributed by atoms with Crippen LogP contribution >= 0.6 is 0 Å². The maximum Gasteiger partial charge on any atom is 0.321 e. The highest BCUT2D eigenvalue weighted by Crippen LogP contribution is 2.28. The zero-order valence-electron chi connectivity index (χ0n) is 16.7. The van der Waals surface area contributed by atoms with Crippen LogP contribution in [0.3, 0.4) is 0 Å². The zero-order valence-corrected chi connectivity index (χ0v) is 16.7. The molecule has 2 aromatic carbocycles. The molecule has 6 heteroatoms. The first kappa shape index (κ1) is 19.7. The topological polar surface area (TPSA) is 64.7 Å². The largest absolute Gasteiger partial charge is 0.371 e. The number of hydrogen-bond donors (Lipinski definition) is 2. The molecular formula is C22H28N4O2. The molecule has 0 saturated carbocycles. The van der Waals surface area contributed by atoms with Gasteiger partial charge in [0.05, 0.1) is 11.6 Å². The summed E-state index contributed by atoms with van der Waals surface area (Å²) in [4.78, 5) is 28.8. The first-order chi connectivity index (χ1) is 13.5. The standard InChI is InChI=1S/C22H28N4O2/c1-16(17-9-5-4-6-10-17)23-21(27)19-15-18(24-22(28)25(2)3)11-12-20(19)26-13-7-8-14-26/h4-6,9-12,15-16H,7-8,13-14H2,1-3H3,(H,23,27)(H,24,28). The van der Waals surface area contributed by atoms with E-state index >= 15 is 0 Å². The van der Waals surface area contributed by atoms with Crippen molar-refractivity contribution in [1.29, 1.82) is 0 Å². The lowest BCUT2D eigenvalue weighted by molar-refractivity contribution is 0.0940. The number of amides is 3. The van der Waals surface area contributed by atoms with E-state index in [0.29, 0.717) is 11.3 Å². The van der Waals surface area contributed by atoms with Crippen LogP contribution < -0.4 is 15.5 Å². The van der Waals surface area contributed by atoms with Crippen LogP contribution in [-0.2, 0) is 0 Å². The van der Waals surface area contributed by atoms with Gasteiger partial charge < -0.3 is 20.4 Å². The van der Waals surface area contributed by atoms with Gasteiger partial charge in [-0.1, -0.05) is 30.3 Å². The summed E-state index contributed by atoms with van der Waals surface area (Å²) in [6, 6.07) is 15.1. The van der Waals surface area contributed by atoms with Crippen LogP contribution in [0.5, 0.6) is 0 Å². The molecule has 1 unspecified atom stereocenters. The van der Waals surface area contributed by atoms with Gasteiger partial charge in [0.2, 0.25) is 0 Å². The van der Waals surface area contributed by atoms with Crippen molar-refractivity contribution < 1.29 is 9.59 Å². The van der Waals surface area contributed by atoms with Gasteiger partial charge in [0.15, 0.2) is 0 Å². The number of carbonyl (C=O) groups is 2. The van der Waals surface area contributed by atoms with Crippen molar-refractivity contribution in [2.75, 3.05) is 37.4 Å². The van der Waals surface area contributed by atoms with Gasteiger partial charge in [-0.05, 0) is 43.5 Å². The third kappa shape index (κ3) is 4.63. The Hall–Kier alpha value is -3.02. The molecule has 1 aliphatic rings. The number of urea groups is 1. The van der Waals surface area contributed by atoms with Crippen LogP contribution in [0.1, 0.15) is 41.7 Å². The Morgan fingerprint density at radius 1 is 1.04 bits per heavy atom. The van der Waals surface area contributed by atoms with Gasteiger partial charge in [0, 0.05) is 38.6 Å². The van der Waals surface area contributed by atoms with Crippen LogP contribution in [0.4, 0.5) is 16.2 Å². The maximum atomic E-state index is 13.1. The summed E-state index contributed by atoms with van der Waals surface area (Å²) in [6.07, 6.45) is 2.25. The number of nitrogens with one attached hydrogen (secondary N) is 2. The Labute approximate surface area is 166 Å².